The fourth-order valence-corrected chi connectivity index (χ4v) is 5.39. The Hall–Kier alpha value is -2.87. The number of hydrogen-bond donors (Lipinski definition) is 2. The molecule has 0 radical (unpaired) electrons. The number of nitrogens with one attached hydrogen (secondary N) is 2. The summed E-state index contributed by atoms with van der Waals surface area (Å²) < 4.78 is 5.16. The number of likely N-dealkylation sites (tertiary alicyclic amines) is 1. The predicted molar refractivity (Wildman–Crippen MR) is 128 cm³/mol. The van der Waals surface area contributed by atoms with Crippen LogP contribution in [-0.4, -0.2) is 54.9 Å². The highest BCUT2D eigenvalue weighted by atomic mass is 32.1. The summed E-state index contributed by atoms with van der Waals surface area (Å²) >= 11 is 1.43. The molecule has 2 N–H and O–H groups in total. The smallest absolute Gasteiger partial charge is 0.263 e. The Kier molecular flexibility index (Phi) is 7.65. The van der Waals surface area contributed by atoms with Gasteiger partial charge in [0.15, 0.2) is 0 Å². The number of benzene rings is 1. The van der Waals surface area contributed by atoms with Crippen LogP contribution in [-0.2, 0) is 4.79 Å². The maximum absolute atomic E-state index is 13.1. The van der Waals surface area contributed by atoms with Crippen molar-refractivity contribution in [2.24, 2.45) is 5.92 Å². The molecule has 1 aliphatic carbocycles. The zero-order valence-electron chi connectivity index (χ0n) is 18.9. The first-order valence-corrected chi connectivity index (χ1v) is 12.5. The number of ether oxygens (including phenoxy) is 1. The number of rotatable bonds is 6. The van der Waals surface area contributed by atoms with E-state index in [1.165, 1.54) is 11.3 Å². The molecule has 3 amide bonds. The molecule has 1 saturated heterocycles. The Morgan fingerprint density at radius 1 is 0.970 bits per heavy atom. The zero-order valence-corrected chi connectivity index (χ0v) is 19.7. The molecule has 1 aromatic carbocycles. The molecule has 33 heavy (non-hydrogen) atoms. The highest BCUT2D eigenvalue weighted by molar-refractivity contribution is 7.12. The summed E-state index contributed by atoms with van der Waals surface area (Å²) in [6.07, 6.45) is 5.30. The second-order valence-electron chi connectivity index (χ2n) is 8.78. The Balaban J connectivity index is 1.35. The van der Waals surface area contributed by atoms with Crippen LogP contribution in [0.15, 0.2) is 41.8 Å². The van der Waals surface area contributed by atoms with Crippen LogP contribution in [0.5, 0.6) is 5.75 Å². The van der Waals surface area contributed by atoms with E-state index in [9.17, 15) is 14.4 Å². The summed E-state index contributed by atoms with van der Waals surface area (Å²) in [5.74, 6) is 0.323. The molecule has 7 nitrogen and oxygen atoms in total. The van der Waals surface area contributed by atoms with E-state index >= 15 is 0 Å². The van der Waals surface area contributed by atoms with Crippen LogP contribution in [0.3, 0.4) is 0 Å². The third kappa shape index (κ3) is 5.74. The van der Waals surface area contributed by atoms with Crippen molar-refractivity contribution in [3.63, 3.8) is 0 Å². The van der Waals surface area contributed by atoms with Crippen molar-refractivity contribution < 1.29 is 19.1 Å². The highest BCUT2D eigenvalue weighted by Crippen LogP contribution is 2.23. The fourth-order valence-electron chi connectivity index (χ4n) is 4.70. The number of carbonyl (C=O) groups excluding carboxylic acids is 3. The van der Waals surface area contributed by atoms with Crippen molar-refractivity contribution in [2.75, 3.05) is 20.2 Å². The van der Waals surface area contributed by atoms with Crippen molar-refractivity contribution in [3.05, 3.63) is 52.2 Å². The van der Waals surface area contributed by atoms with Crippen LogP contribution >= 0.6 is 11.3 Å². The van der Waals surface area contributed by atoms with E-state index in [2.05, 4.69) is 10.6 Å². The second kappa shape index (κ2) is 10.8. The van der Waals surface area contributed by atoms with Gasteiger partial charge in [-0.25, -0.2) is 0 Å². The minimum absolute atomic E-state index is 0.00444. The summed E-state index contributed by atoms with van der Waals surface area (Å²) in [7, 11) is 1.59. The molecule has 2 aliphatic rings. The zero-order chi connectivity index (χ0) is 23.2. The standard InChI is InChI=1S/C25H31N3O4S/c1-32-19-12-10-17(11-13-19)23(29)26-20-7-2-3-8-21(20)27-24(30)18-6-4-14-28(16-18)25(31)22-9-5-15-33-22/h5,9-13,15,18,20-21H,2-4,6-8,14,16H2,1H3,(H,26,29)(H,27,30)/t18-,20+,21+/m0/s1. The maximum atomic E-state index is 13.1. The summed E-state index contributed by atoms with van der Waals surface area (Å²) in [4.78, 5) is 41.1. The Morgan fingerprint density at radius 3 is 2.36 bits per heavy atom. The molecule has 1 saturated carbocycles. The van der Waals surface area contributed by atoms with E-state index < -0.39 is 0 Å². The van der Waals surface area contributed by atoms with Crippen LogP contribution in [0.25, 0.3) is 0 Å². The first-order valence-electron chi connectivity index (χ1n) is 11.6. The van der Waals surface area contributed by atoms with E-state index in [0.717, 1.165) is 38.5 Å². The third-order valence-corrected chi connectivity index (χ3v) is 7.43. The van der Waals surface area contributed by atoms with Gasteiger partial charge in [-0.05, 0) is 61.4 Å². The quantitative estimate of drug-likeness (QED) is 0.678. The van der Waals surface area contributed by atoms with Crippen LogP contribution in [0.1, 0.15) is 58.6 Å². The van der Waals surface area contributed by atoms with Gasteiger partial charge < -0.3 is 20.3 Å². The third-order valence-electron chi connectivity index (χ3n) is 6.57. The van der Waals surface area contributed by atoms with E-state index in [-0.39, 0.29) is 35.7 Å². The summed E-state index contributed by atoms with van der Waals surface area (Å²) in [5, 5.41) is 8.21. The largest absolute Gasteiger partial charge is 0.497 e. The SMILES string of the molecule is COc1ccc(C(=O)N[C@@H]2CCCC[C@H]2NC(=O)[C@H]2CCCN(C(=O)c3cccs3)C2)cc1. The topological polar surface area (TPSA) is 87.7 Å². The fraction of sp³-hybridized carbons (Fsp3) is 0.480. The average molecular weight is 470 g/mol. The minimum atomic E-state index is -0.220. The van der Waals surface area contributed by atoms with Crippen molar-refractivity contribution in [3.8, 4) is 5.75 Å². The number of thiophene rings is 1. The van der Waals surface area contributed by atoms with Crippen molar-refractivity contribution in [1.82, 2.24) is 15.5 Å². The minimum Gasteiger partial charge on any atom is -0.497 e. The Labute approximate surface area is 198 Å². The molecule has 0 bridgehead atoms. The highest BCUT2D eigenvalue weighted by Gasteiger charge is 2.33. The van der Waals surface area contributed by atoms with Gasteiger partial charge in [0.25, 0.3) is 11.8 Å². The van der Waals surface area contributed by atoms with E-state index in [1.54, 1.807) is 36.3 Å². The van der Waals surface area contributed by atoms with Crippen molar-refractivity contribution in [1.29, 1.82) is 0 Å². The van der Waals surface area contributed by atoms with Gasteiger partial charge >= 0.3 is 0 Å². The lowest BCUT2D eigenvalue weighted by Gasteiger charge is -2.36. The molecule has 176 valence electrons. The van der Waals surface area contributed by atoms with Gasteiger partial charge in [-0.1, -0.05) is 18.9 Å². The molecule has 4 rings (SSSR count). The monoisotopic (exact) mass is 469 g/mol. The maximum Gasteiger partial charge on any atom is 0.263 e. The van der Waals surface area contributed by atoms with Crippen LogP contribution in [0.2, 0.25) is 0 Å². The van der Waals surface area contributed by atoms with Crippen LogP contribution in [0, 0.1) is 5.92 Å². The summed E-state index contributed by atoms with van der Waals surface area (Å²) in [6, 6.07) is 10.5. The molecule has 8 heteroatoms. The van der Waals surface area contributed by atoms with E-state index in [1.807, 2.05) is 17.5 Å². The van der Waals surface area contributed by atoms with Gasteiger partial charge in [0.2, 0.25) is 5.91 Å². The van der Waals surface area contributed by atoms with Crippen LogP contribution < -0.4 is 15.4 Å². The molecule has 1 aromatic heterocycles. The van der Waals surface area contributed by atoms with Gasteiger partial charge in [-0.2, -0.15) is 0 Å². The van der Waals surface area contributed by atoms with Crippen LogP contribution in [0.4, 0.5) is 0 Å². The Morgan fingerprint density at radius 2 is 1.70 bits per heavy atom. The summed E-state index contributed by atoms with van der Waals surface area (Å²) in [5.41, 5.74) is 0.571. The van der Waals surface area contributed by atoms with Gasteiger partial charge in [0, 0.05) is 30.7 Å². The van der Waals surface area contributed by atoms with Gasteiger partial charge in [-0.3, -0.25) is 14.4 Å². The second-order valence-corrected chi connectivity index (χ2v) is 9.72. The Bertz CT molecular complexity index is 961. The lowest BCUT2D eigenvalue weighted by Crippen LogP contribution is -2.55. The molecule has 0 spiro atoms. The molecular formula is C25H31N3O4S. The van der Waals surface area contributed by atoms with Gasteiger partial charge in [0.05, 0.1) is 17.9 Å². The summed E-state index contributed by atoms with van der Waals surface area (Å²) in [6.45, 7) is 1.13. The van der Waals surface area contributed by atoms with E-state index in [4.69, 9.17) is 4.74 Å². The normalized spacial score (nSPS) is 22.9. The van der Waals surface area contributed by atoms with Gasteiger partial charge in [0.1, 0.15) is 5.75 Å². The molecule has 2 aromatic rings. The molecule has 2 fully saturated rings. The predicted octanol–water partition coefficient (Wildman–Crippen LogP) is 3.47. The number of methoxy groups -OCH3 is 1. The number of piperidine rings is 1. The van der Waals surface area contributed by atoms with Crippen molar-refractivity contribution >= 4 is 29.1 Å². The lowest BCUT2D eigenvalue weighted by atomic mass is 9.88. The number of amides is 3. The molecule has 1 aliphatic heterocycles. The van der Waals surface area contributed by atoms with Crippen molar-refractivity contribution in [2.45, 2.75) is 50.6 Å². The van der Waals surface area contributed by atoms with E-state index in [0.29, 0.717) is 29.3 Å². The molecule has 2 heterocycles. The molecule has 0 unspecified atom stereocenters. The average Bonchev–Trinajstić information content (AvgIpc) is 3.40. The molecule has 3 atom stereocenters. The first-order chi connectivity index (χ1) is 16.0. The molecular weight excluding hydrogens is 438 g/mol. The first kappa shape index (κ1) is 23.3. The number of hydrogen-bond acceptors (Lipinski definition) is 5. The van der Waals surface area contributed by atoms with Gasteiger partial charge in [-0.15, -0.1) is 11.3 Å². The number of nitrogens with zero attached hydrogens (tertiary/aromatic N) is 1. The number of carbonyl (C=O) groups is 3. The lowest BCUT2D eigenvalue weighted by molar-refractivity contribution is -0.127.